The van der Waals surface area contributed by atoms with Crippen molar-refractivity contribution in [1.29, 1.82) is 0 Å². The van der Waals surface area contributed by atoms with Crippen molar-refractivity contribution in [2.75, 3.05) is 5.32 Å². The van der Waals surface area contributed by atoms with Crippen LogP contribution in [0, 0.1) is 18.6 Å². The van der Waals surface area contributed by atoms with E-state index >= 15 is 0 Å². The van der Waals surface area contributed by atoms with Gasteiger partial charge in [-0.25, -0.2) is 8.78 Å². The average molecular weight is 282 g/mol. The number of anilines is 1. The van der Waals surface area contributed by atoms with Crippen molar-refractivity contribution in [3.8, 4) is 0 Å². The molecule has 1 aromatic carbocycles. The predicted molar refractivity (Wildman–Crippen MR) is 74.3 cm³/mol. The molecule has 1 aliphatic carbocycles. The van der Waals surface area contributed by atoms with Gasteiger partial charge in [-0.3, -0.25) is 4.79 Å². The molecule has 1 aromatic rings. The van der Waals surface area contributed by atoms with Crippen LogP contribution in [0.2, 0.25) is 0 Å². The van der Waals surface area contributed by atoms with E-state index < -0.39 is 23.1 Å². The highest BCUT2D eigenvalue weighted by Gasteiger charge is 2.30. The third kappa shape index (κ3) is 3.33. The van der Waals surface area contributed by atoms with Crippen LogP contribution in [0.1, 0.15) is 44.1 Å². The van der Waals surface area contributed by atoms with Crippen molar-refractivity contribution in [3.05, 3.63) is 29.3 Å². The topological polar surface area (TPSA) is 55.1 Å². The fourth-order valence-electron chi connectivity index (χ4n) is 2.71. The number of carbonyl (C=O) groups is 1. The lowest BCUT2D eigenvalue weighted by atomic mass is 9.80. The molecule has 0 radical (unpaired) electrons. The van der Waals surface area contributed by atoms with Gasteiger partial charge in [0.05, 0.1) is 0 Å². The Morgan fingerprint density at radius 1 is 1.30 bits per heavy atom. The van der Waals surface area contributed by atoms with Crippen LogP contribution < -0.4 is 11.1 Å². The second-order valence-corrected chi connectivity index (χ2v) is 5.70. The number of halogens is 2. The van der Waals surface area contributed by atoms with E-state index in [4.69, 9.17) is 5.73 Å². The third-order valence-corrected chi connectivity index (χ3v) is 3.91. The van der Waals surface area contributed by atoms with Crippen molar-refractivity contribution in [3.63, 3.8) is 0 Å². The lowest BCUT2D eigenvalue weighted by Crippen LogP contribution is -2.44. The van der Waals surface area contributed by atoms with Crippen molar-refractivity contribution in [2.24, 2.45) is 5.73 Å². The molecule has 3 N–H and O–H groups in total. The summed E-state index contributed by atoms with van der Waals surface area (Å²) >= 11 is 0. The Bertz CT molecular complexity index is 511. The number of carbonyl (C=O) groups excluding carboxylic acids is 1. The maximum absolute atomic E-state index is 13.8. The number of nitrogens with one attached hydrogen (secondary N) is 1. The SMILES string of the molecule is Cc1ccc(F)c(NC(=O)CC2(N)CCCCC2)c1F. The van der Waals surface area contributed by atoms with Crippen LogP contribution in [0.4, 0.5) is 14.5 Å². The van der Waals surface area contributed by atoms with Crippen LogP contribution >= 0.6 is 0 Å². The fourth-order valence-corrected chi connectivity index (χ4v) is 2.71. The summed E-state index contributed by atoms with van der Waals surface area (Å²) < 4.78 is 27.4. The molecule has 0 unspecified atom stereocenters. The van der Waals surface area contributed by atoms with Gasteiger partial charge in [0.2, 0.25) is 5.91 Å². The highest BCUT2D eigenvalue weighted by atomic mass is 19.1. The maximum Gasteiger partial charge on any atom is 0.226 e. The van der Waals surface area contributed by atoms with Gasteiger partial charge in [0.15, 0.2) is 5.82 Å². The van der Waals surface area contributed by atoms with Crippen LogP contribution in [-0.4, -0.2) is 11.4 Å². The summed E-state index contributed by atoms with van der Waals surface area (Å²) in [6, 6.07) is 2.48. The number of nitrogens with two attached hydrogens (primary N) is 1. The number of hydrogen-bond donors (Lipinski definition) is 2. The zero-order valence-corrected chi connectivity index (χ0v) is 11.6. The Morgan fingerprint density at radius 2 is 1.95 bits per heavy atom. The molecule has 3 nitrogen and oxygen atoms in total. The predicted octanol–water partition coefficient (Wildman–Crippen LogP) is 3.26. The minimum atomic E-state index is -0.767. The number of amides is 1. The fraction of sp³-hybridized carbons (Fsp3) is 0.533. The number of hydrogen-bond acceptors (Lipinski definition) is 2. The molecule has 0 bridgehead atoms. The summed E-state index contributed by atoms with van der Waals surface area (Å²) in [5, 5.41) is 2.32. The van der Waals surface area contributed by atoms with Crippen molar-refractivity contribution in [2.45, 2.75) is 51.0 Å². The molecule has 1 saturated carbocycles. The summed E-state index contributed by atoms with van der Waals surface area (Å²) in [7, 11) is 0. The molecule has 5 heteroatoms. The molecule has 0 saturated heterocycles. The minimum absolute atomic E-state index is 0.0970. The minimum Gasteiger partial charge on any atom is -0.325 e. The first kappa shape index (κ1) is 14.9. The number of rotatable bonds is 3. The summed E-state index contributed by atoms with van der Waals surface area (Å²) in [5.74, 6) is -1.93. The van der Waals surface area contributed by atoms with Gasteiger partial charge in [-0.2, -0.15) is 0 Å². The van der Waals surface area contributed by atoms with Gasteiger partial charge in [0, 0.05) is 12.0 Å². The van der Waals surface area contributed by atoms with Crippen LogP contribution in [0.3, 0.4) is 0 Å². The summed E-state index contributed by atoms with van der Waals surface area (Å²) in [6.07, 6.45) is 4.77. The molecule has 0 spiro atoms. The van der Waals surface area contributed by atoms with E-state index in [0.29, 0.717) is 5.56 Å². The molecule has 1 amide bonds. The molecular weight excluding hydrogens is 262 g/mol. The van der Waals surface area contributed by atoms with E-state index in [1.165, 1.54) is 13.0 Å². The van der Waals surface area contributed by atoms with Gasteiger partial charge < -0.3 is 11.1 Å². The van der Waals surface area contributed by atoms with E-state index in [1.54, 1.807) is 0 Å². The molecule has 1 fully saturated rings. The van der Waals surface area contributed by atoms with E-state index in [1.807, 2.05) is 0 Å². The van der Waals surface area contributed by atoms with E-state index in [2.05, 4.69) is 5.32 Å². The summed E-state index contributed by atoms with van der Waals surface area (Å²) in [4.78, 5) is 12.0. The molecule has 20 heavy (non-hydrogen) atoms. The smallest absolute Gasteiger partial charge is 0.226 e. The van der Waals surface area contributed by atoms with Crippen molar-refractivity contribution >= 4 is 11.6 Å². The second kappa shape index (κ2) is 5.87. The normalized spacial score (nSPS) is 17.8. The maximum atomic E-state index is 13.8. The number of aryl methyl sites for hydroxylation is 1. The Kier molecular flexibility index (Phi) is 4.38. The summed E-state index contributed by atoms with van der Waals surface area (Å²) in [5.41, 5.74) is 5.54. The average Bonchev–Trinajstić information content (AvgIpc) is 2.39. The monoisotopic (exact) mass is 282 g/mol. The lowest BCUT2D eigenvalue weighted by Gasteiger charge is -2.32. The zero-order chi connectivity index (χ0) is 14.8. The molecule has 1 aliphatic rings. The Hall–Kier alpha value is -1.49. The van der Waals surface area contributed by atoms with Crippen LogP contribution in [0.25, 0.3) is 0 Å². The molecule has 2 rings (SSSR count). The highest BCUT2D eigenvalue weighted by molar-refractivity contribution is 5.91. The molecule has 0 aliphatic heterocycles. The van der Waals surface area contributed by atoms with Gasteiger partial charge in [-0.05, 0) is 31.4 Å². The third-order valence-electron chi connectivity index (χ3n) is 3.91. The van der Waals surface area contributed by atoms with Gasteiger partial charge >= 0.3 is 0 Å². The quantitative estimate of drug-likeness (QED) is 0.894. The Morgan fingerprint density at radius 3 is 2.60 bits per heavy atom. The first-order valence-corrected chi connectivity index (χ1v) is 6.95. The van der Waals surface area contributed by atoms with Gasteiger partial charge in [-0.15, -0.1) is 0 Å². The Balaban J connectivity index is 2.07. The second-order valence-electron chi connectivity index (χ2n) is 5.70. The lowest BCUT2D eigenvalue weighted by molar-refractivity contribution is -0.117. The van der Waals surface area contributed by atoms with E-state index in [9.17, 15) is 13.6 Å². The number of benzene rings is 1. The van der Waals surface area contributed by atoms with Crippen LogP contribution in [0.5, 0.6) is 0 Å². The molecule has 0 aromatic heterocycles. The van der Waals surface area contributed by atoms with E-state index in [-0.39, 0.29) is 12.1 Å². The molecule has 0 atom stereocenters. The van der Waals surface area contributed by atoms with Crippen LogP contribution in [0.15, 0.2) is 12.1 Å². The van der Waals surface area contributed by atoms with Gasteiger partial charge in [0.25, 0.3) is 0 Å². The van der Waals surface area contributed by atoms with Crippen molar-refractivity contribution in [1.82, 2.24) is 0 Å². The standard InChI is InChI=1S/C15H20F2N2O/c1-10-5-6-11(16)14(13(10)17)19-12(20)9-15(18)7-3-2-4-8-15/h5-6H,2-4,7-9,18H2,1H3,(H,19,20). The first-order chi connectivity index (χ1) is 9.41. The van der Waals surface area contributed by atoms with Gasteiger partial charge in [0.1, 0.15) is 11.5 Å². The highest BCUT2D eigenvalue weighted by Crippen LogP contribution is 2.29. The van der Waals surface area contributed by atoms with Gasteiger partial charge in [-0.1, -0.05) is 25.3 Å². The molecule has 110 valence electrons. The Labute approximate surface area is 117 Å². The molecular formula is C15H20F2N2O. The zero-order valence-electron chi connectivity index (χ0n) is 11.6. The van der Waals surface area contributed by atoms with Crippen molar-refractivity contribution < 1.29 is 13.6 Å². The van der Waals surface area contributed by atoms with Crippen LogP contribution in [-0.2, 0) is 4.79 Å². The largest absolute Gasteiger partial charge is 0.325 e. The summed E-state index contributed by atoms with van der Waals surface area (Å²) in [6.45, 7) is 1.52. The first-order valence-electron chi connectivity index (χ1n) is 6.95. The van der Waals surface area contributed by atoms with E-state index in [0.717, 1.165) is 38.2 Å². The molecule has 0 heterocycles.